The van der Waals surface area contributed by atoms with E-state index in [1.165, 1.54) is 0 Å². The Morgan fingerprint density at radius 3 is 2.76 bits per heavy atom. The van der Waals surface area contributed by atoms with E-state index < -0.39 is 0 Å². The Morgan fingerprint density at radius 1 is 1.24 bits per heavy atom. The van der Waals surface area contributed by atoms with Crippen LogP contribution in [0.15, 0.2) is 30.6 Å². The fraction of sp³-hybridized carbons (Fsp3) is 0.263. The molecule has 0 saturated carbocycles. The van der Waals surface area contributed by atoms with Crippen LogP contribution >= 0.6 is 23.2 Å². The van der Waals surface area contributed by atoms with E-state index in [1.54, 1.807) is 24.5 Å². The molecule has 2 heterocycles. The fourth-order valence-electron chi connectivity index (χ4n) is 2.94. The Labute approximate surface area is 156 Å². The molecule has 0 aliphatic heterocycles. The Bertz CT molecular complexity index is 934. The van der Waals surface area contributed by atoms with Crippen molar-refractivity contribution in [2.45, 2.75) is 26.7 Å². The second-order valence-electron chi connectivity index (χ2n) is 5.95. The van der Waals surface area contributed by atoms with Gasteiger partial charge < -0.3 is 10.3 Å². The van der Waals surface area contributed by atoms with Crippen LogP contribution in [0, 0.1) is 6.92 Å². The van der Waals surface area contributed by atoms with Gasteiger partial charge in [0.05, 0.1) is 21.1 Å². The van der Waals surface area contributed by atoms with Gasteiger partial charge in [0.25, 0.3) is 5.91 Å². The quantitative estimate of drug-likeness (QED) is 0.677. The zero-order valence-electron chi connectivity index (χ0n) is 14.1. The Balaban J connectivity index is 1.74. The van der Waals surface area contributed by atoms with Crippen LogP contribution in [0.5, 0.6) is 0 Å². The molecular weight excluding hydrogens is 357 g/mol. The smallest absolute Gasteiger partial charge is 0.252 e. The van der Waals surface area contributed by atoms with E-state index in [9.17, 15) is 4.79 Å². The number of amides is 1. The minimum absolute atomic E-state index is 0.121. The Morgan fingerprint density at radius 2 is 2.00 bits per heavy atom. The highest BCUT2D eigenvalue weighted by Gasteiger charge is 2.14. The largest absolute Gasteiger partial charge is 0.357 e. The topological polar surface area (TPSA) is 57.8 Å². The first kappa shape index (κ1) is 17.8. The minimum atomic E-state index is -0.121. The molecule has 2 aromatic heterocycles. The van der Waals surface area contributed by atoms with Crippen LogP contribution < -0.4 is 5.32 Å². The van der Waals surface area contributed by atoms with Gasteiger partial charge in [0.2, 0.25) is 0 Å². The molecular formula is C19H19Cl2N3O. The number of aromatic amines is 1. The summed E-state index contributed by atoms with van der Waals surface area (Å²) in [7, 11) is 0. The first-order valence-corrected chi connectivity index (χ1v) is 8.94. The molecule has 130 valence electrons. The van der Waals surface area contributed by atoms with Gasteiger partial charge in [0.15, 0.2) is 0 Å². The molecule has 3 aromatic rings. The summed E-state index contributed by atoms with van der Waals surface area (Å²) in [5, 5.41) is 5.17. The first-order chi connectivity index (χ1) is 12.0. The third kappa shape index (κ3) is 3.65. The summed E-state index contributed by atoms with van der Waals surface area (Å²) in [6.07, 6.45) is 4.88. The van der Waals surface area contributed by atoms with Crippen LogP contribution in [-0.4, -0.2) is 22.4 Å². The summed E-state index contributed by atoms with van der Waals surface area (Å²) < 4.78 is 0. The predicted octanol–water partition coefficient (Wildman–Crippen LogP) is 4.71. The maximum absolute atomic E-state index is 12.3. The molecule has 4 nitrogen and oxygen atoms in total. The Hall–Kier alpha value is -2.04. The van der Waals surface area contributed by atoms with Crippen molar-refractivity contribution in [2.75, 3.05) is 6.54 Å². The van der Waals surface area contributed by atoms with E-state index in [-0.39, 0.29) is 5.91 Å². The highest BCUT2D eigenvalue weighted by Crippen LogP contribution is 2.33. The molecule has 0 spiro atoms. The van der Waals surface area contributed by atoms with E-state index in [4.69, 9.17) is 23.2 Å². The van der Waals surface area contributed by atoms with E-state index in [2.05, 4.69) is 15.3 Å². The summed E-state index contributed by atoms with van der Waals surface area (Å²) >= 11 is 12.6. The van der Waals surface area contributed by atoms with Gasteiger partial charge in [-0.25, -0.2) is 0 Å². The second-order valence-corrected chi connectivity index (χ2v) is 6.76. The van der Waals surface area contributed by atoms with Crippen molar-refractivity contribution < 1.29 is 4.79 Å². The molecule has 0 atom stereocenters. The van der Waals surface area contributed by atoms with Crippen molar-refractivity contribution in [2.24, 2.45) is 0 Å². The molecule has 25 heavy (non-hydrogen) atoms. The van der Waals surface area contributed by atoms with Crippen LogP contribution in [-0.2, 0) is 12.8 Å². The van der Waals surface area contributed by atoms with Gasteiger partial charge in [-0.1, -0.05) is 30.1 Å². The van der Waals surface area contributed by atoms with Gasteiger partial charge in [0.1, 0.15) is 0 Å². The van der Waals surface area contributed by atoms with Crippen LogP contribution in [0.2, 0.25) is 10.0 Å². The molecule has 0 aliphatic carbocycles. The Kier molecular flexibility index (Phi) is 5.30. The number of nitrogens with one attached hydrogen (secondary N) is 2. The van der Waals surface area contributed by atoms with E-state index in [0.29, 0.717) is 28.6 Å². The van der Waals surface area contributed by atoms with Gasteiger partial charge >= 0.3 is 0 Å². The highest BCUT2D eigenvalue weighted by atomic mass is 35.5. The van der Waals surface area contributed by atoms with Gasteiger partial charge in [-0.15, -0.1) is 0 Å². The lowest BCUT2D eigenvalue weighted by Crippen LogP contribution is -2.26. The number of benzene rings is 1. The van der Waals surface area contributed by atoms with Crippen molar-refractivity contribution in [3.8, 4) is 0 Å². The van der Waals surface area contributed by atoms with Crippen LogP contribution in [0.1, 0.15) is 34.1 Å². The standard InChI is InChI=1S/C19H19Cl2N3O/c1-3-12-8-13(10-22-9-12)19(25)23-7-6-14-11(2)24-18-16(21)5-4-15(20)17(14)18/h4-5,8-10,24H,3,6-7H2,1-2H3,(H,23,25). The molecule has 0 fully saturated rings. The number of rotatable bonds is 5. The average molecular weight is 376 g/mol. The number of pyridine rings is 1. The third-order valence-electron chi connectivity index (χ3n) is 4.30. The second kappa shape index (κ2) is 7.46. The van der Waals surface area contributed by atoms with Crippen LogP contribution in [0.25, 0.3) is 10.9 Å². The van der Waals surface area contributed by atoms with Crippen molar-refractivity contribution in [1.29, 1.82) is 0 Å². The maximum atomic E-state index is 12.3. The third-order valence-corrected chi connectivity index (χ3v) is 4.93. The first-order valence-electron chi connectivity index (χ1n) is 8.18. The molecule has 1 amide bonds. The van der Waals surface area contributed by atoms with Crippen molar-refractivity contribution in [3.63, 3.8) is 0 Å². The summed E-state index contributed by atoms with van der Waals surface area (Å²) in [5.41, 5.74) is 4.54. The van der Waals surface area contributed by atoms with E-state index in [0.717, 1.165) is 34.1 Å². The van der Waals surface area contributed by atoms with Gasteiger partial charge in [-0.2, -0.15) is 0 Å². The molecule has 6 heteroatoms. The van der Waals surface area contributed by atoms with Gasteiger partial charge in [0, 0.05) is 30.0 Å². The van der Waals surface area contributed by atoms with Crippen molar-refractivity contribution in [3.05, 3.63) is 63.0 Å². The molecule has 0 radical (unpaired) electrons. The molecule has 2 N–H and O–H groups in total. The molecule has 0 aliphatic rings. The predicted molar refractivity (Wildman–Crippen MR) is 103 cm³/mol. The summed E-state index contributed by atoms with van der Waals surface area (Å²) in [6.45, 7) is 4.53. The lowest BCUT2D eigenvalue weighted by molar-refractivity contribution is 0.0953. The van der Waals surface area contributed by atoms with Gasteiger partial charge in [-0.3, -0.25) is 9.78 Å². The zero-order chi connectivity index (χ0) is 18.0. The number of H-pyrrole nitrogens is 1. The molecule has 0 unspecified atom stereocenters. The zero-order valence-corrected chi connectivity index (χ0v) is 15.6. The summed E-state index contributed by atoms with van der Waals surface area (Å²) in [4.78, 5) is 19.7. The number of halogens is 2. The summed E-state index contributed by atoms with van der Waals surface area (Å²) in [5.74, 6) is -0.121. The minimum Gasteiger partial charge on any atom is -0.357 e. The monoisotopic (exact) mass is 375 g/mol. The number of hydrogen-bond acceptors (Lipinski definition) is 2. The highest BCUT2D eigenvalue weighted by molar-refractivity contribution is 6.40. The van der Waals surface area contributed by atoms with Gasteiger partial charge in [-0.05, 0) is 49.1 Å². The van der Waals surface area contributed by atoms with Crippen molar-refractivity contribution in [1.82, 2.24) is 15.3 Å². The lowest BCUT2D eigenvalue weighted by Gasteiger charge is -2.07. The number of hydrogen-bond donors (Lipinski definition) is 2. The maximum Gasteiger partial charge on any atom is 0.252 e. The number of fused-ring (bicyclic) bond motifs is 1. The lowest BCUT2D eigenvalue weighted by atomic mass is 10.1. The normalized spacial score (nSPS) is 11.0. The number of aromatic nitrogens is 2. The van der Waals surface area contributed by atoms with Crippen LogP contribution in [0.3, 0.4) is 0 Å². The van der Waals surface area contributed by atoms with Crippen LogP contribution in [0.4, 0.5) is 0 Å². The molecule has 0 bridgehead atoms. The summed E-state index contributed by atoms with van der Waals surface area (Å²) in [6, 6.07) is 5.45. The number of nitrogens with zero attached hydrogens (tertiary/aromatic N) is 1. The van der Waals surface area contributed by atoms with Crippen molar-refractivity contribution >= 4 is 40.0 Å². The van der Waals surface area contributed by atoms with E-state index in [1.807, 2.05) is 19.9 Å². The SMILES string of the molecule is CCc1cncc(C(=O)NCCc2c(C)[nH]c3c(Cl)ccc(Cl)c23)c1. The molecule has 0 saturated heterocycles. The number of carbonyl (C=O) groups is 1. The number of aryl methyl sites for hydroxylation is 2. The molecule has 3 rings (SSSR count). The number of carbonyl (C=O) groups excluding carboxylic acids is 1. The average Bonchev–Trinajstić information content (AvgIpc) is 2.96. The van der Waals surface area contributed by atoms with E-state index >= 15 is 0 Å². The molecule has 1 aromatic carbocycles. The fourth-order valence-corrected chi connectivity index (χ4v) is 3.42.